The van der Waals surface area contributed by atoms with E-state index in [0.717, 1.165) is 16.8 Å². The number of nitrogens with two attached hydrogens (primary N) is 1. The molecule has 198 valence electrons. The second-order valence-electron chi connectivity index (χ2n) is 12.0. The van der Waals surface area contributed by atoms with Crippen molar-refractivity contribution in [2.75, 3.05) is 4.90 Å². The number of hydrogen-bond donors (Lipinski definition) is 2. The summed E-state index contributed by atoms with van der Waals surface area (Å²) in [6.45, 7) is 7.96. The average Bonchev–Trinajstić information content (AvgIpc) is 3.05. The molecule has 0 aromatic heterocycles. The molecule has 38 heavy (non-hydrogen) atoms. The fraction of sp³-hybridized carbons (Fsp3) is 0.375. The lowest BCUT2D eigenvalue weighted by Gasteiger charge is -2.54. The molecule has 2 heterocycles. The largest absolute Gasteiger partial charge is 0.369 e. The van der Waals surface area contributed by atoms with Gasteiger partial charge in [-0.3, -0.25) is 14.5 Å². The molecule has 2 saturated heterocycles. The van der Waals surface area contributed by atoms with E-state index >= 15 is 0 Å². The van der Waals surface area contributed by atoms with E-state index in [2.05, 4.69) is 29.6 Å². The minimum absolute atomic E-state index is 0.220. The quantitative estimate of drug-likeness (QED) is 0.506. The van der Waals surface area contributed by atoms with Crippen LogP contribution in [0.5, 0.6) is 0 Å². The molecule has 6 heteroatoms. The van der Waals surface area contributed by atoms with Crippen molar-refractivity contribution in [2.45, 2.75) is 69.4 Å². The molecule has 5 rings (SSSR count). The van der Waals surface area contributed by atoms with Gasteiger partial charge in [-0.25, -0.2) is 0 Å². The van der Waals surface area contributed by atoms with Crippen molar-refractivity contribution in [3.05, 3.63) is 102 Å². The van der Waals surface area contributed by atoms with Gasteiger partial charge in [0.25, 0.3) is 5.91 Å². The Bertz CT molecular complexity index is 1270. The topological polar surface area (TPSA) is 84.7 Å². The molecule has 6 nitrogen and oxygen atoms in total. The third kappa shape index (κ3) is 4.52. The van der Waals surface area contributed by atoms with Gasteiger partial charge in [0.05, 0.1) is 5.92 Å². The molecular formula is C32H37N3O3. The van der Waals surface area contributed by atoms with Crippen LogP contribution in [0.3, 0.4) is 0 Å². The number of ether oxygens (including phenoxy) is 1. The van der Waals surface area contributed by atoms with Gasteiger partial charge >= 0.3 is 0 Å². The fourth-order valence-corrected chi connectivity index (χ4v) is 7.06. The Kier molecular flexibility index (Phi) is 6.44. The van der Waals surface area contributed by atoms with E-state index in [4.69, 9.17) is 10.5 Å². The summed E-state index contributed by atoms with van der Waals surface area (Å²) in [6.07, 6.45) is 1.21. The maximum Gasteiger partial charge on any atom is 0.262 e. The highest BCUT2D eigenvalue weighted by Gasteiger charge is 2.71. The first kappa shape index (κ1) is 26.1. The molecule has 0 bridgehead atoms. The van der Waals surface area contributed by atoms with Crippen molar-refractivity contribution in [2.24, 2.45) is 11.7 Å². The molecule has 2 aliphatic heterocycles. The number of hydrogen-bond acceptors (Lipinski definition) is 4. The Morgan fingerprint density at radius 1 is 0.868 bits per heavy atom. The Hall–Kier alpha value is -3.48. The summed E-state index contributed by atoms with van der Waals surface area (Å²) < 4.78 is 7.25. The number of carbonyl (C=O) groups is 2. The van der Waals surface area contributed by atoms with E-state index in [0.29, 0.717) is 19.3 Å². The maximum atomic E-state index is 14.9. The van der Waals surface area contributed by atoms with Crippen LogP contribution in [-0.4, -0.2) is 34.2 Å². The lowest BCUT2D eigenvalue weighted by Crippen LogP contribution is -2.74. The van der Waals surface area contributed by atoms with Crippen molar-refractivity contribution in [3.8, 4) is 0 Å². The highest BCUT2D eigenvalue weighted by atomic mass is 16.6. The van der Waals surface area contributed by atoms with Crippen molar-refractivity contribution in [1.82, 2.24) is 5.32 Å². The third-order valence-electron chi connectivity index (χ3n) is 7.84. The van der Waals surface area contributed by atoms with Crippen LogP contribution in [0.1, 0.15) is 45.2 Å². The van der Waals surface area contributed by atoms with Gasteiger partial charge in [0.15, 0.2) is 11.3 Å². The van der Waals surface area contributed by atoms with Crippen LogP contribution >= 0.6 is 0 Å². The first-order chi connectivity index (χ1) is 18.0. The van der Waals surface area contributed by atoms with Gasteiger partial charge in [-0.15, -0.1) is 0 Å². The first-order valence-electron chi connectivity index (χ1n) is 13.2. The molecule has 2 fully saturated rings. The zero-order valence-corrected chi connectivity index (χ0v) is 22.6. The molecule has 3 aromatic carbocycles. The summed E-state index contributed by atoms with van der Waals surface area (Å²) >= 11 is 0. The predicted octanol–water partition coefficient (Wildman–Crippen LogP) is 4.62. The Morgan fingerprint density at radius 2 is 1.34 bits per heavy atom. The number of carbonyl (C=O) groups excluding carboxylic acids is 2. The van der Waals surface area contributed by atoms with Crippen LogP contribution in [0, 0.1) is 5.92 Å². The van der Waals surface area contributed by atoms with Crippen LogP contribution in [0.2, 0.25) is 0 Å². The van der Waals surface area contributed by atoms with Crippen molar-refractivity contribution in [1.29, 1.82) is 0 Å². The summed E-state index contributed by atoms with van der Waals surface area (Å²) in [5.41, 5.74) is 5.12. The normalized spacial score (nSPS) is 25.4. The summed E-state index contributed by atoms with van der Waals surface area (Å²) in [5.74, 6) is -1.65. The van der Waals surface area contributed by atoms with Gasteiger partial charge in [0, 0.05) is 36.0 Å². The molecule has 2 aliphatic rings. The van der Waals surface area contributed by atoms with Crippen LogP contribution < -0.4 is 16.0 Å². The number of anilines is 1. The standard InChI is InChI=1S/C32H37N3O3/c1-29(2)22-32(26(27(33)36)30(3,4)34-29)28(37)35(25-18-12-7-13-19-25)31(38-32,20-23-14-8-5-9-15-23)21-24-16-10-6-11-17-24/h5-19,26,34H,20-22H2,1-4H3,(H2,33,36). The molecular weight excluding hydrogens is 474 g/mol. The first-order valence-corrected chi connectivity index (χ1v) is 13.2. The summed E-state index contributed by atoms with van der Waals surface area (Å²) in [5, 5.41) is 3.56. The molecule has 3 aromatic rings. The predicted molar refractivity (Wildman–Crippen MR) is 149 cm³/mol. The van der Waals surface area contributed by atoms with Crippen molar-refractivity contribution < 1.29 is 14.3 Å². The molecule has 0 radical (unpaired) electrons. The smallest absolute Gasteiger partial charge is 0.262 e. The van der Waals surface area contributed by atoms with E-state index in [1.54, 1.807) is 4.90 Å². The lowest BCUT2D eigenvalue weighted by molar-refractivity contribution is -0.186. The summed E-state index contributed by atoms with van der Waals surface area (Å²) in [7, 11) is 0. The van der Waals surface area contributed by atoms with Gasteiger partial charge in [-0.1, -0.05) is 78.9 Å². The highest BCUT2D eigenvalue weighted by molar-refractivity contribution is 6.06. The number of nitrogens with one attached hydrogen (secondary N) is 1. The number of benzene rings is 3. The van der Waals surface area contributed by atoms with Gasteiger partial charge in [0.1, 0.15) is 0 Å². The number of para-hydroxylation sites is 1. The fourth-order valence-electron chi connectivity index (χ4n) is 7.06. The van der Waals surface area contributed by atoms with E-state index in [9.17, 15) is 9.59 Å². The Balaban J connectivity index is 1.77. The molecule has 0 aliphatic carbocycles. The lowest BCUT2D eigenvalue weighted by atomic mass is 9.64. The van der Waals surface area contributed by atoms with E-state index in [-0.39, 0.29) is 5.91 Å². The zero-order chi connectivity index (χ0) is 27.2. The monoisotopic (exact) mass is 511 g/mol. The second kappa shape index (κ2) is 9.37. The van der Waals surface area contributed by atoms with Gasteiger partial charge in [-0.05, 0) is 51.0 Å². The summed E-state index contributed by atoms with van der Waals surface area (Å²) in [4.78, 5) is 29.9. The van der Waals surface area contributed by atoms with E-state index in [1.165, 1.54) is 0 Å². The SMILES string of the molecule is CC1(C)CC2(OC(Cc3ccccc3)(Cc3ccccc3)N(c3ccccc3)C2=O)C(C(N)=O)C(C)(C)N1. The molecule has 2 atom stereocenters. The van der Waals surface area contributed by atoms with Crippen LogP contribution in [0.25, 0.3) is 0 Å². The molecule has 2 unspecified atom stereocenters. The molecule has 1 spiro atoms. The van der Waals surface area contributed by atoms with E-state index in [1.807, 2.05) is 94.4 Å². The van der Waals surface area contributed by atoms with Crippen LogP contribution in [0.15, 0.2) is 91.0 Å². The van der Waals surface area contributed by atoms with Crippen molar-refractivity contribution >= 4 is 17.5 Å². The van der Waals surface area contributed by atoms with Gasteiger partial charge in [0.2, 0.25) is 5.91 Å². The molecule has 2 amide bonds. The number of amides is 2. The van der Waals surface area contributed by atoms with Gasteiger partial charge < -0.3 is 15.8 Å². The minimum Gasteiger partial charge on any atom is -0.369 e. The van der Waals surface area contributed by atoms with Crippen LogP contribution in [0.4, 0.5) is 5.69 Å². The van der Waals surface area contributed by atoms with Crippen LogP contribution in [-0.2, 0) is 27.2 Å². The number of primary amides is 1. The zero-order valence-electron chi connectivity index (χ0n) is 22.6. The second-order valence-corrected chi connectivity index (χ2v) is 12.0. The molecule has 3 N–H and O–H groups in total. The molecule has 0 saturated carbocycles. The maximum absolute atomic E-state index is 14.9. The van der Waals surface area contributed by atoms with Crippen molar-refractivity contribution in [3.63, 3.8) is 0 Å². The minimum atomic E-state index is -1.44. The highest BCUT2D eigenvalue weighted by Crippen LogP contribution is 2.53. The van der Waals surface area contributed by atoms with Gasteiger partial charge in [-0.2, -0.15) is 0 Å². The average molecular weight is 512 g/mol. The third-order valence-corrected chi connectivity index (χ3v) is 7.84. The Morgan fingerprint density at radius 3 is 1.82 bits per heavy atom. The Labute approximate surface area is 225 Å². The van der Waals surface area contributed by atoms with E-state index < -0.39 is 34.2 Å². The number of rotatable bonds is 6. The number of nitrogens with zero attached hydrogens (tertiary/aromatic N) is 1. The summed E-state index contributed by atoms with van der Waals surface area (Å²) in [6, 6.07) is 29.8. The number of piperidine rings is 1.